The van der Waals surface area contributed by atoms with Crippen molar-refractivity contribution >= 4 is 0 Å². The second-order valence-corrected chi connectivity index (χ2v) is 6.39. The Hall–Kier alpha value is -0.830. The second-order valence-electron chi connectivity index (χ2n) is 6.39. The Kier molecular flexibility index (Phi) is 8.67. The van der Waals surface area contributed by atoms with Gasteiger partial charge in [-0.15, -0.1) is 0 Å². The number of aliphatic hydroxyl groups is 1. The number of aliphatic hydroxyl groups excluding tert-OH is 1. The molecule has 0 aliphatic carbocycles. The summed E-state index contributed by atoms with van der Waals surface area (Å²) in [6.07, 6.45) is 12.0. The predicted molar refractivity (Wildman–Crippen MR) is 89.6 cm³/mol. The van der Waals surface area contributed by atoms with E-state index < -0.39 is 0 Å². The Bertz CT molecular complexity index is 398. The minimum absolute atomic E-state index is 0.216. The van der Waals surface area contributed by atoms with Crippen LogP contribution < -0.4 is 0 Å². The maximum atomic E-state index is 10.2. The molecule has 122 valence electrons. The van der Waals surface area contributed by atoms with Gasteiger partial charge in [0, 0.05) is 19.2 Å². The molecule has 1 rings (SSSR count). The maximum Gasteiger partial charge on any atom is 0.0629 e. The van der Waals surface area contributed by atoms with Crippen molar-refractivity contribution in [2.24, 2.45) is 7.05 Å². The van der Waals surface area contributed by atoms with E-state index in [1.165, 1.54) is 56.2 Å². The fraction of sp³-hybridized carbons (Fsp3) is 0.833. The van der Waals surface area contributed by atoms with Crippen LogP contribution in [0.2, 0.25) is 0 Å². The first-order chi connectivity index (χ1) is 10.1. The van der Waals surface area contributed by atoms with E-state index in [1.807, 2.05) is 18.7 Å². The highest BCUT2D eigenvalue weighted by atomic mass is 16.3. The molecule has 0 saturated heterocycles. The molecule has 0 aliphatic rings. The van der Waals surface area contributed by atoms with E-state index in [-0.39, 0.29) is 6.10 Å². The number of aromatic nitrogens is 2. The van der Waals surface area contributed by atoms with Gasteiger partial charge in [0.25, 0.3) is 0 Å². The summed E-state index contributed by atoms with van der Waals surface area (Å²) in [5, 5.41) is 14.6. The Morgan fingerprint density at radius 1 is 1.00 bits per heavy atom. The summed E-state index contributed by atoms with van der Waals surface area (Å²) in [4.78, 5) is 0. The van der Waals surface area contributed by atoms with E-state index in [0.29, 0.717) is 0 Å². The van der Waals surface area contributed by atoms with Crippen LogP contribution in [-0.4, -0.2) is 21.0 Å². The third-order valence-corrected chi connectivity index (χ3v) is 4.49. The van der Waals surface area contributed by atoms with Gasteiger partial charge in [0.15, 0.2) is 0 Å². The van der Waals surface area contributed by atoms with Gasteiger partial charge in [-0.05, 0) is 25.8 Å². The van der Waals surface area contributed by atoms with Crippen LogP contribution in [0.25, 0.3) is 0 Å². The van der Waals surface area contributed by atoms with Gasteiger partial charge in [-0.2, -0.15) is 5.10 Å². The lowest BCUT2D eigenvalue weighted by atomic mass is 10.0. The molecular formula is C18H34N2O. The van der Waals surface area contributed by atoms with Gasteiger partial charge in [0.05, 0.1) is 11.8 Å². The van der Waals surface area contributed by atoms with Crippen LogP contribution in [0.5, 0.6) is 0 Å². The molecule has 1 atom stereocenters. The first-order valence-electron chi connectivity index (χ1n) is 8.73. The third kappa shape index (κ3) is 6.64. The van der Waals surface area contributed by atoms with Crippen molar-refractivity contribution in [2.75, 3.05) is 0 Å². The largest absolute Gasteiger partial charge is 0.393 e. The molecule has 0 bridgehead atoms. The summed E-state index contributed by atoms with van der Waals surface area (Å²) in [5.41, 5.74) is 3.47. The van der Waals surface area contributed by atoms with Crippen LogP contribution in [0.15, 0.2) is 0 Å². The van der Waals surface area contributed by atoms with E-state index in [2.05, 4.69) is 18.9 Å². The molecule has 3 nitrogen and oxygen atoms in total. The first-order valence-corrected chi connectivity index (χ1v) is 8.73. The van der Waals surface area contributed by atoms with Gasteiger partial charge in [0.1, 0.15) is 0 Å². The fourth-order valence-corrected chi connectivity index (χ4v) is 2.96. The Balaban J connectivity index is 2.13. The molecule has 21 heavy (non-hydrogen) atoms. The normalized spacial score (nSPS) is 12.8. The number of aryl methyl sites for hydroxylation is 2. The molecule has 0 aromatic carbocycles. The first kappa shape index (κ1) is 18.2. The van der Waals surface area contributed by atoms with Crippen molar-refractivity contribution in [3.8, 4) is 0 Å². The monoisotopic (exact) mass is 294 g/mol. The van der Waals surface area contributed by atoms with E-state index in [0.717, 1.165) is 25.0 Å². The molecule has 1 heterocycles. The highest BCUT2D eigenvalue weighted by Crippen LogP contribution is 2.17. The van der Waals surface area contributed by atoms with Gasteiger partial charge < -0.3 is 5.11 Å². The van der Waals surface area contributed by atoms with E-state index in [1.54, 1.807) is 0 Å². The van der Waals surface area contributed by atoms with Crippen LogP contribution >= 0.6 is 0 Å². The molecular weight excluding hydrogens is 260 g/mol. The zero-order valence-corrected chi connectivity index (χ0v) is 14.5. The fourth-order valence-electron chi connectivity index (χ4n) is 2.96. The van der Waals surface area contributed by atoms with E-state index in [9.17, 15) is 5.11 Å². The van der Waals surface area contributed by atoms with E-state index >= 15 is 0 Å². The highest BCUT2D eigenvalue weighted by molar-refractivity contribution is 5.24. The Morgan fingerprint density at radius 3 is 2.10 bits per heavy atom. The number of hydrogen-bond acceptors (Lipinski definition) is 2. The number of hydrogen-bond donors (Lipinski definition) is 1. The van der Waals surface area contributed by atoms with E-state index in [4.69, 9.17) is 0 Å². The zero-order chi connectivity index (χ0) is 15.7. The molecule has 0 amide bonds. The van der Waals surface area contributed by atoms with Crippen LogP contribution in [-0.2, 0) is 13.5 Å². The van der Waals surface area contributed by atoms with Crippen molar-refractivity contribution in [2.45, 2.75) is 91.1 Å². The zero-order valence-electron chi connectivity index (χ0n) is 14.5. The van der Waals surface area contributed by atoms with Gasteiger partial charge in [-0.25, -0.2) is 0 Å². The van der Waals surface area contributed by atoms with Crippen molar-refractivity contribution < 1.29 is 5.11 Å². The summed E-state index contributed by atoms with van der Waals surface area (Å²) >= 11 is 0. The minimum Gasteiger partial charge on any atom is -0.393 e. The molecule has 0 aliphatic heterocycles. The average Bonchev–Trinajstić information content (AvgIpc) is 2.68. The van der Waals surface area contributed by atoms with Crippen LogP contribution in [0.1, 0.15) is 81.7 Å². The maximum absolute atomic E-state index is 10.2. The van der Waals surface area contributed by atoms with Crippen molar-refractivity contribution in [3.05, 3.63) is 17.0 Å². The summed E-state index contributed by atoms with van der Waals surface area (Å²) in [5.74, 6) is 0. The standard InChI is InChI=1S/C18H34N2O/c1-5-6-7-8-9-10-11-12-13-17(21)14-18-15(2)19-20(4)16(18)3/h17,21H,5-14H2,1-4H3. The number of unbranched alkanes of at least 4 members (excludes halogenated alkanes) is 7. The molecule has 1 aromatic rings. The van der Waals surface area contributed by atoms with Crippen molar-refractivity contribution in [3.63, 3.8) is 0 Å². The van der Waals surface area contributed by atoms with Crippen LogP contribution in [0.3, 0.4) is 0 Å². The van der Waals surface area contributed by atoms with Gasteiger partial charge in [-0.3, -0.25) is 4.68 Å². The predicted octanol–water partition coefficient (Wildman–Crippen LogP) is 4.47. The van der Waals surface area contributed by atoms with Gasteiger partial charge >= 0.3 is 0 Å². The molecule has 1 unspecified atom stereocenters. The number of nitrogens with zero attached hydrogens (tertiary/aromatic N) is 2. The van der Waals surface area contributed by atoms with Crippen molar-refractivity contribution in [1.29, 1.82) is 0 Å². The van der Waals surface area contributed by atoms with Gasteiger partial charge in [0.2, 0.25) is 0 Å². The SMILES string of the molecule is CCCCCCCCCCC(O)Cc1c(C)nn(C)c1C. The molecule has 0 fully saturated rings. The summed E-state index contributed by atoms with van der Waals surface area (Å²) < 4.78 is 1.91. The molecule has 0 spiro atoms. The molecule has 0 radical (unpaired) electrons. The Morgan fingerprint density at radius 2 is 1.57 bits per heavy atom. The quantitative estimate of drug-likeness (QED) is 0.611. The summed E-state index contributed by atoms with van der Waals surface area (Å²) in [6.45, 7) is 6.37. The topological polar surface area (TPSA) is 38.1 Å². The molecule has 1 aromatic heterocycles. The Labute approximate surface area is 130 Å². The molecule has 3 heteroatoms. The molecule has 0 saturated carbocycles. The highest BCUT2D eigenvalue weighted by Gasteiger charge is 2.13. The number of rotatable bonds is 11. The van der Waals surface area contributed by atoms with Crippen LogP contribution in [0.4, 0.5) is 0 Å². The van der Waals surface area contributed by atoms with Crippen LogP contribution in [0, 0.1) is 13.8 Å². The lowest BCUT2D eigenvalue weighted by Gasteiger charge is -2.11. The minimum atomic E-state index is -0.216. The second kappa shape index (κ2) is 9.99. The lowest BCUT2D eigenvalue weighted by Crippen LogP contribution is -2.11. The summed E-state index contributed by atoms with van der Waals surface area (Å²) in [7, 11) is 1.97. The van der Waals surface area contributed by atoms with Crippen molar-refractivity contribution in [1.82, 2.24) is 9.78 Å². The molecule has 1 N–H and O–H groups in total. The summed E-state index contributed by atoms with van der Waals surface area (Å²) in [6, 6.07) is 0. The average molecular weight is 294 g/mol. The third-order valence-electron chi connectivity index (χ3n) is 4.49. The lowest BCUT2D eigenvalue weighted by molar-refractivity contribution is 0.160. The smallest absolute Gasteiger partial charge is 0.0629 e. The van der Waals surface area contributed by atoms with Gasteiger partial charge in [-0.1, -0.05) is 58.3 Å².